The smallest absolute Gasteiger partial charge is 0.399 e. The molecule has 0 saturated carbocycles. The van der Waals surface area contributed by atoms with Crippen molar-refractivity contribution in [2.75, 3.05) is 4.90 Å². The Balaban J connectivity index is 1.18. The zero-order chi connectivity index (χ0) is 35.7. The van der Waals surface area contributed by atoms with Crippen molar-refractivity contribution in [3.8, 4) is 44.5 Å². The van der Waals surface area contributed by atoms with E-state index in [0.717, 1.165) is 33.7 Å². The zero-order valence-corrected chi connectivity index (χ0v) is 30.2. The van der Waals surface area contributed by atoms with Crippen LogP contribution in [0.25, 0.3) is 44.5 Å². The van der Waals surface area contributed by atoms with Crippen LogP contribution in [0.15, 0.2) is 182 Å². The van der Waals surface area contributed by atoms with E-state index in [2.05, 4.69) is 215 Å². The van der Waals surface area contributed by atoms with Crippen LogP contribution in [0.1, 0.15) is 27.7 Å². The summed E-state index contributed by atoms with van der Waals surface area (Å²) in [5, 5.41) is 0. The van der Waals surface area contributed by atoms with Gasteiger partial charge in [0.2, 0.25) is 0 Å². The first-order valence-electron chi connectivity index (χ1n) is 18.0. The minimum Gasteiger partial charge on any atom is -0.399 e. The predicted octanol–water partition coefficient (Wildman–Crippen LogP) is 12.1. The fraction of sp³-hybridized carbons (Fsp3) is 0.125. The Hall–Kier alpha value is -5.68. The number of anilines is 3. The average Bonchev–Trinajstić information content (AvgIpc) is 3.42. The molecule has 1 saturated heterocycles. The second-order valence-electron chi connectivity index (χ2n) is 14.5. The quantitative estimate of drug-likeness (QED) is 0.150. The van der Waals surface area contributed by atoms with Crippen LogP contribution in [-0.2, 0) is 9.31 Å². The van der Waals surface area contributed by atoms with Crippen LogP contribution in [0, 0.1) is 0 Å². The van der Waals surface area contributed by atoms with Gasteiger partial charge in [0, 0.05) is 17.1 Å². The summed E-state index contributed by atoms with van der Waals surface area (Å²) in [5.74, 6) is 0. The third kappa shape index (κ3) is 6.71. The first-order valence-corrected chi connectivity index (χ1v) is 18.0. The van der Waals surface area contributed by atoms with Gasteiger partial charge in [-0.15, -0.1) is 0 Å². The molecule has 0 aromatic heterocycles. The molecule has 0 N–H and O–H groups in total. The van der Waals surface area contributed by atoms with Crippen molar-refractivity contribution < 1.29 is 9.31 Å². The Morgan fingerprint density at radius 3 is 1.06 bits per heavy atom. The van der Waals surface area contributed by atoms with Crippen molar-refractivity contribution in [3.63, 3.8) is 0 Å². The van der Waals surface area contributed by atoms with Crippen LogP contribution >= 0.6 is 0 Å². The van der Waals surface area contributed by atoms with Gasteiger partial charge in [0.1, 0.15) is 0 Å². The second-order valence-corrected chi connectivity index (χ2v) is 14.5. The molecule has 0 bridgehead atoms. The summed E-state index contributed by atoms with van der Waals surface area (Å²) in [7, 11) is -0.379. The Bertz CT molecular complexity index is 2190. The lowest BCUT2D eigenvalue weighted by Gasteiger charge is -2.32. The first-order chi connectivity index (χ1) is 25.2. The molecule has 52 heavy (non-hydrogen) atoms. The van der Waals surface area contributed by atoms with E-state index in [1.54, 1.807) is 0 Å². The SMILES string of the molecule is CC1(C)OB(c2ccc(-c3ccc(N(c4ccc(-c5ccccc5)cc4)c4cc(-c5ccccc5)cc(-c5ccccc5)c4)cc3)cc2)OC1(C)C. The molecule has 1 heterocycles. The molecule has 1 aliphatic heterocycles. The molecule has 0 spiro atoms. The maximum absolute atomic E-state index is 6.30. The van der Waals surface area contributed by atoms with Crippen LogP contribution in [0.4, 0.5) is 17.1 Å². The maximum atomic E-state index is 6.30. The molecule has 4 heteroatoms. The zero-order valence-electron chi connectivity index (χ0n) is 30.2. The molecular weight excluding hydrogens is 633 g/mol. The standard InChI is InChI=1S/C48H42BNO2/c1-47(2)48(3,4)52-49(51-47)43-26-20-38(21-27-43)40-24-30-45(31-25-40)50(44-28-22-39(23-29-44)35-14-8-5-9-15-35)46-33-41(36-16-10-6-11-17-36)32-42(34-46)37-18-12-7-13-19-37/h5-34H,1-4H3. The topological polar surface area (TPSA) is 21.7 Å². The molecule has 1 aliphatic rings. The summed E-state index contributed by atoms with van der Waals surface area (Å²) in [6.07, 6.45) is 0. The first kappa shape index (κ1) is 33.5. The second kappa shape index (κ2) is 13.8. The van der Waals surface area contributed by atoms with Crippen molar-refractivity contribution in [3.05, 3.63) is 182 Å². The van der Waals surface area contributed by atoms with E-state index in [1.165, 1.54) is 33.4 Å². The summed E-state index contributed by atoms with van der Waals surface area (Å²) >= 11 is 0. The molecule has 1 fully saturated rings. The van der Waals surface area contributed by atoms with Crippen LogP contribution in [-0.4, -0.2) is 18.3 Å². The number of hydrogen-bond acceptors (Lipinski definition) is 3. The van der Waals surface area contributed by atoms with Gasteiger partial charge in [-0.1, -0.05) is 140 Å². The Labute approximate surface area is 308 Å². The molecule has 0 aliphatic carbocycles. The number of hydrogen-bond donors (Lipinski definition) is 0. The van der Waals surface area contributed by atoms with Gasteiger partial charge in [-0.05, 0) is 120 Å². The summed E-state index contributed by atoms with van der Waals surface area (Å²) in [5.41, 5.74) is 12.9. The molecular formula is C48H42BNO2. The van der Waals surface area contributed by atoms with Crippen molar-refractivity contribution in [2.45, 2.75) is 38.9 Å². The molecule has 7 aromatic carbocycles. The van der Waals surface area contributed by atoms with E-state index in [9.17, 15) is 0 Å². The highest BCUT2D eigenvalue weighted by atomic mass is 16.7. The van der Waals surface area contributed by atoms with Gasteiger partial charge < -0.3 is 14.2 Å². The Morgan fingerprint density at radius 1 is 0.346 bits per heavy atom. The summed E-state index contributed by atoms with van der Waals surface area (Å²) in [6, 6.07) is 65.0. The molecule has 8 rings (SSSR count). The summed E-state index contributed by atoms with van der Waals surface area (Å²) in [6.45, 7) is 8.35. The van der Waals surface area contributed by atoms with Gasteiger partial charge in [0.25, 0.3) is 0 Å². The van der Waals surface area contributed by atoms with Crippen molar-refractivity contribution in [1.29, 1.82) is 0 Å². The van der Waals surface area contributed by atoms with Crippen molar-refractivity contribution in [1.82, 2.24) is 0 Å². The lowest BCUT2D eigenvalue weighted by molar-refractivity contribution is 0.00578. The van der Waals surface area contributed by atoms with Gasteiger partial charge >= 0.3 is 7.12 Å². The van der Waals surface area contributed by atoms with E-state index in [4.69, 9.17) is 9.31 Å². The molecule has 0 radical (unpaired) electrons. The minimum atomic E-state index is -0.379. The van der Waals surface area contributed by atoms with Gasteiger partial charge in [-0.2, -0.15) is 0 Å². The predicted molar refractivity (Wildman–Crippen MR) is 219 cm³/mol. The van der Waals surface area contributed by atoms with Crippen LogP contribution < -0.4 is 10.4 Å². The highest BCUT2D eigenvalue weighted by Crippen LogP contribution is 2.41. The number of rotatable bonds is 8. The maximum Gasteiger partial charge on any atom is 0.494 e. The van der Waals surface area contributed by atoms with E-state index in [1.807, 2.05) is 0 Å². The van der Waals surface area contributed by atoms with E-state index in [-0.39, 0.29) is 18.3 Å². The van der Waals surface area contributed by atoms with E-state index >= 15 is 0 Å². The van der Waals surface area contributed by atoms with Crippen LogP contribution in [0.2, 0.25) is 0 Å². The third-order valence-corrected chi connectivity index (χ3v) is 10.5. The molecule has 254 valence electrons. The minimum absolute atomic E-state index is 0.373. The van der Waals surface area contributed by atoms with E-state index < -0.39 is 0 Å². The monoisotopic (exact) mass is 675 g/mol. The average molecular weight is 676 g/mol. The molecule has 0 unspecified atom stereocenters. The fourth-order valence-electron chi connectivity index (χ4n) is 6.83. The largest absolute Gasteiger partial charge is 0.494 e. The fourth-order valence-corrected chi connectivity index (χ4v) is 6.83. The lowest BCUT2D eigenvalue weighted by atomic mass is 9.78. The Kier molecular flexibility index (Phi) is 8.88. The Morgan fingerprint density at radius 2 is 0.673 bits per heavy atom. The normalized spacial score (nSPS) is 14.7. The number of benzene rings is 7. The van der Waals surface area contributed by atoms with Gasteiger partial charge in [-0.25, -0.2) is 0 Å². The number of nitrogens with zero attached hydrogens (tertiary/aromatic N) is 1. The molecule has 0 amide bonds. The third-order valence-electron chi connectivity index (χ3n) is 10.5. The van der Waals surface area contributed by atoms with Crippen molar-refractivity contribution >= 4 is 29.6 Å². The van der Waals surface area contributed by atoms with E-state index in [0.29, 0.717) is 0 Å². The van der Waals surface area contributed by atoms with Crippen LogP contribution in [0.3, 0.4) is 0 Å². The highest BCUT2D eigenvalue weighted by molar-refractivity contribution is 6.62. The lowest BCUT2D eigenvalue weighted by Crippen LogP contribution is -2.41. The van der Waals surface area contributed by atoms with Gasteiger partial charge in [0.05, 0.1) is 11.2 Å². The molecule has 7 aromatic rings. The highest BCUT2D eigenvalue weighted by Gasteiger charge is 2.51. The summed E-state index contributed by atoms with van der Waals surface area (Å²) < 4.78 is 12.6. The van der Waals surface area contributed by atoms with Crippen molar-refractivity contribution in [2.24, 2.45) is 0 Å². The van der Waals surface area contributed by atoms with Gasteiger partial charge in [-0.3, -0.25) is 0 Å². The van der Waals surface area contributed by atoms with Crippen LogP contribution in [0.5, 0.6) is 0 Å². The summed E-state index contributed by atoms with van der Waals surface area (Å²) in [4.78, 5) is 2.36. The molecule has 0 atom stereocenters. The molecule has 3 nitrogen and oxygen atoms in total. The van der Waals surface area contributed by atoms with Gasteiger partial charge in [0.15, 0.2) is 0 Å².